The molecule has 1 aliphatic heterocycles. The molecule has 0 spiro atoms. The molecule has 1 N–H and O–H groups in total. The zero-order valence-corrected chi connectivity index (χ0v) is 13.9. The average molecular weight is 319 g/mol. The molecule has 1 aliphatic rings. The van der Waals surface area contributed by atoms with Gasteiger partial charge in [-0.25, -0.2) is 4.99 Å². The largest absolute Gasteiger partial charge is 0.465 e. The predicted octanol–water partition coefficient (Wildman–Crippen LogP) is 1.45. The number of amides is 1. The Kier molecular flexibility index (Phi) is 7.03. The van der Waals surface area contributed by atoms with Gasteiger partial charge in [-0.15, -0.1) is 0 Å². The molecule has 0 saturated carbocycles. The Morgan fingerprint density at radius 1 is 1.39 bits per heavy atom. The number of carbonyl (C=O) groups excluding carboxylic acids is 1. The van der Waals surface area contributed by atoms with Gasteiger partial charge in [0.05, 0.1) is 26.4 Å². The zero-order chi connectivity index (χ0) is 16.5. The first kappa shape index (κ1) is 17.4. The standard InChI is InChI=1S/C17H25N3O3/c1-3-23-17(18-7-8-20-9-11-22-12-10-20)19-16(21)15-6-4-5-14(2)13-15/h4-6,13H,3,7-12H2,1-2H3,(H,18,19,21). The molecule has 0 unspecified atom stereocenters. The number of amidine groups is 1. The van der Waals surface area contributed by atoms with E-state index in [0.29, 0.717) is 18.7 Å². The zero-order valence-electron chi connectivity index (χ0n) is 13.9. The maximum Gasteiger partial charge on any atom is 0.291 e. The van der Waals surface area contributed by atoms with Gasteiger partial charge in [0.25, 0.3) is 11.9 Å². The van der Waals surface area contributed by atoms with Gasteiger partial charge in [0.2, 0.25) is 0 Å². The third-order valence-electron chi connectivity index (χ3n) is 3.56. The number of aryl methyl sites for hydroxylation is 1. The van der Waals surface area contributed by atoms with Crippen LogP contribution in [0.3, 0.4) is 0 Å². The van der Waals surface area contributed by atoms with Crippen LogP contribution in [-0.4, -0.2) is 62.8 Å². The van der Waals surface area contributed by atoms with E-state index in [1.54, 1.807) is 6.07 Å². The van der Waals surface area contributed by atoms with E-state index in [-0.39, 0.29) is 11.9 Å². The molecule has 0 atom stereocenters. The molecule has 0 aromatic heterocycles. The second-order valence-electron chi connectivity index (χ2n) is 5.40. The van der Waals surface area contributed by atoms with Crippen molar-refractivity contribution >= 4 is 11.9 Å². The fourth-order valence-corrected chi connectivity index (χ4v) is 2.33. The number of hydrogen-bond acceptors (Lipinski definition) is 5. The first-order valence-electron chi connectivity index (χ1n) is 8.04. The van der Waals surface area contributed by atoms with Crippen LogP contribution in [-0.2, 0) is 9.47 Å². The highest BCUT2D eigenvalue weighted by Gasteiger charge is 2.11. The summed E-state index contributed by atoms with van der Waals surface area (Å²) >= 11 is 0. The number of ether oxygens (including phenoxy) is 2. The molecular weight excluding hydrogens is 294 g/mol. The lowest BCUT2D eigenvalue weighted by Gasteiger charge is -2.25. The van der Waals surface area contributed by atoms with Crippen LogP contribution < -0.4 is 5.32 Å². The third kappa shape index (κ3) is 6.00. The molecule has 1 aromatic rings. The van der Waals surface area contributed by atoms with Gasteiger partial charge in [0, 0.05) is 25.2 Å². The van der Waals surface area contributed by atoms with Crippen molar-refractivity contribution in [3.63, 3.8) is 0 Å². The molecular formula is C17H25N3O3. The lowest BCUT2D eigenvalue weighted by Crippen LogP contribution is -2.38. The van der Waals surface area contributed by atoms with Crippen LogP contribution in [0, 0.1) is 6.92 Å². The Morgan fingerprint density at radius 2 is 2.17 bits per heavy atom. The van der Waals surface area contributed by atoms with E-state index in [1.165, 1.54) is 0 Å². The number of hydrogen-bond donors (Lipinski definition) is 1. The van der Waals surface area contributed by atoms with Crippen molar-refractivity contribution in [2.75, 3.05) is 46.0 Å². The summed E-state index contributed by atoms with van der Waals surface area (Å²) in [4.78, 5) is 18.9. The Bertz CT molecular complexity index is 540. The number of nitrogens with one attached hydrogen (secondary N) is 1. The van der Waals surface area contributed by atoms with Crippen LogP contribution in [0.1, 0.15) is 22.8 Å². The maximum absolute atomic E-state index is 12.2. The lowest BCUT2D eigenvalue weighted by molar-refractivity contribution is 0.0394. The Balaban J connectivity index is 1.89. The number of carbonyl (C=O) groups is 1. The van der Waals surface area contributed by atoms with E-state index in [0.717, 1.165) is 38.4 Å². The number of rotatable bonds is 5. The molecule has 23 heavy (non-hydrogen) atoms. The summed E-state index contributed by atoms with van der Waals surface area (Å²) < 4.78 is 10.7. The first-order chi connectivity index (χ1) is 11.2. The van der Waals surface area contributed by atoms with Gasteiger partial charge in [-0.2, -0.15) is 0 Å². The lowest BCUT2D eigenvalue weighted by atomic mass is 10.1. The highest BCUT2D eigenvalue weighted by molar-refractivity contribution is 6.04. The molecule has 0 aliphatic carbocycles. The Labute approximate surface area is 137 Å². The second kappa shape index (κ2) is 9.27. The van der Waals surface area contributed by atoms with Crippen LogP contribution in [0.4, 0.5) is 0 Å². The predicted molar refractivity (Wildman–Crippen MR) is 89.8 cm³/mol. The minimum atomic E-state index is -0.202. The van der Waals surface area contributed by atoms with E-state index in [1.807, 2.05) is 32.0 Å². The molecule has 1 saturated heterocycles. The highest BCUT2D eigenvalue weighted by atomic mass is 16.5. The summed E-state index contributed by atoms with van der Waals surface area (Å²) in [5, 5.41) is 2.74. The molecule has 1 aromatic carbocycles. The topological polar surface area (TPSA) is 63.2 Å². The fourth-order valence-electron chi connectivity index (χ4n) is 2.33. The molecule has 0 radical (unpaired) electrons. The molecule has 2 rings (SSSR count). The van der Waals surface area contributed by atoms with Crippen molar-refractivity contribution in [1.29, 1.82) is 0 Å². The van der Waals surface area contributed by atoms with E-state index in [2.05, 4.69) is 15.2 Å². The third-order valence-corrected chi connectivity index (χ3v) is 3.56. The SMILES string of the molecule is CCOC(=NCCN1CCOCC1)NC(=O)c1cccc(C)c1. The normalized spacial score (nSPS) is 16.2. The van der Waals surface area contributed by atoms with E-state index in [4.69, 9.17) is 9.47 Å². The summed E-state index contributed by atoms with van der Waals surface area (Å²) in [5.41, 5.74) is 1.64. The molecule has 126 valence electrons. The second-order valence-corrected chi connectivity index (χ2v) is 5.40. The molecule has 0 bridgehead atoms. The summed E-state index contributed by atoms with van der Waals surface area (Å²) in [6, 6.07) is 7.72. The Morgan fingerprint density at radius 3 is 2.87 bits per heavy atom. The molecule has 1 amide bonds. The molecule has 1 heterocycles. The van der Waals surface area contributed by atoms with Gasteiger partial charge in [0.1, 0.15) is 0 Å². The van der Waals surface area contributed by atoms with Crippen molar-refractivity contribution in [3.8, 4) is 0 Å². The van der Waals surface area contributed by atoms with Crippen LogP contribution in [0.2, 0.25) is 0 Å². The summed E-state index contributed by atoms with van der Waals surface area (Å²) in [6.45, 7) is 9.10. The maximum atomic E-state index is 12.2. The van der Waals surface area contributed by atoms with E-state index >= 15 is 0 Å². The van der Waals surface area contributed by atoms with E-state index < -0.39 is 0 Å². The number of benzene rings is 1. The number of aliphatic imine (C=N–C) groups is 1. The van der Waals surface area contributed by atoms with Crippen LogP contribution >= 0.6 is 0 Å². The van der Waals surface area contributed by atoms with Gasteiger partial charge >= 0.3 is 0 Å². The molecule has 1 fully saturated rings. The van der Waals surface area contributed by atoms with Crippen LogP contribution in [0.15, 0.2) is 29.3 Å². The quantitative estimate of drug-likeness (QED) is 0.659. The Hall–Kier alpha value is -1.92. The van der Waals surface area contributed by atoms with Gasteiger partial charge in [-0.1, -0.05) is 17.7 Å². The fraction of sp³-hybridized carbons (Fsp3) is 0.529. The van der Waals surface area contributed by atoms with Crippen molar-refractivity contribution in [2.45, 2.75) is 13.8 Å². The van der Waals surface area contributed by atoms with Crippen molar-refractivity contribution in [1.82, 2.24) is 10.2 Å². The minimum Gasteiger partial charge on any atom is -0.465 e. The minimum absolute atomic E-state index is 0.202. The van der Waals surface area contributed by atoms with Crippen LogP contribution in [0.25, 0.3) is 0 Å². The monoisotopic (exact) mass is 319 g/mol. The summed E-state index contributed by atoms with van der Waals surface area (Å²) in [7, 11) is 0. The van der Waals surface area contributed by atoms with Crippen molar-refractivity contribution < 1.29 is 14.3 Å². The smallest absolute Gasteiger partial charge is 0.291 e. The number of morpholine rings is 1. The van der Waals surface area contributed by atoms with Crippen molar-refractivity contribution in [3.05, 3.63) is 35.4 Å². The summed E-state index contributed by atoms with van der Waals surface area (Å²) in [6.07, 6.45) is 0. The van der Waals surface area contributed by atoms with Crippen molar-refractivity contribution in [2.24, 2.45) is 4.99 Å². The van der Waals surface area contributed by atoms with Gasteiger partial charge < -0.3 is 9.47 Å². The van der Waals surface area contributed by atoms with Gasteiger partial charge in [-0.05, 0) is 26.0 Å². The molecule has 6 heteroatoms. The first-order valence-corrected chi connectivity index (χ1v) is 8.04. The summed E-state index contributed by atoms with van der Waals surface area (Å²) in [5.74, 6) is -0.202. The van der Waals surface area contributed by atoms with E-state index in [9.17, 15) is 4.79 Å². The molecule has 6 nitrogen and oxygen atoms in total. The van der Waals surface area contributed by atoms with Gasteiger partial charge in [0.15, 0.2) is 0 Å². The average Bonchev–Trinajstić information content (AvgIpc) is 2.56. The van der Waals surface area contributed by atoms with Gasteiger partial charge in [-0.3, -0.25) is 15.0 Å². The number of nitrogens with zero attached hydrogens (tertiary/aromatic N) is 2. The highest BCUT2D eigenvalue weighted by Crippen LogP contribution is 2.03. The van der Waals surface area contributed by atoms with Crippen LogP contribution in [0.5, 0.6) is 0 Å².